The molecule has 12 aliphatic rings. The Morgan fingerprint density at radius 3 is 0.470 bits per heavy atom. The molecule has 0 aromatic rings. The van der Waals surface area contributed by atoms with Crippen LogP contribution in [0.1, 0.15) is 249 Å². The van der Waals surface area contributed by atoms with Gasteiger partial charge in [-0.05, 0) is 83.1 Å². The first-order valence-electron chi connectivity index (χ1n) is 36.2. The number of esters is 4. The largest absolute Gasteiger partial charge is 0.454 e. The zero-order chi connectivity index (χ0) is 76.0. The molecule has 12 fully saturated rings. The van der Waals surface area contributed by atoms with E-state index in [0.717, 1.165) is 0 Å². The molecule has 20 atom stereocenters. The molecule has 12 aliphatic heterocycles. The number of ether oxygens (including phenoxy) is 20. The van der Waals surface area contributed by atoms with Crippen LogP contribution in [0.3, 0.4) is 0 Å². The summed E-state index contributed by atoms with van der Waals surface area (Å²) >= 11 is 0. The first-order valence-corrected chi connectivity index (χ1v) is 36.2. The normalized spacial score (nSPS) is 37.8. The second-order valence-corrected chi connectivity index (χ2v) is 41.4. The molecule has 0 aromatic carbocycles. The van der Waals surface area contributed by atoms with E-state index < -0.39 is 192 Å². The predicted octanol–water partition coefficient (Wildman–Crippen LogP) is 12.1. The van der Waals surface area contributed by atoms with Gasteiger partial charge in [-0.1, -0.05) is 166 Å². The molecule has 0 N–H and O–H groups in total. The van der Waals surface area contributed by atoms with Gasteiger partial charge in [0.05, 0.1) is 22.4 Å². The molecule has 0 spiro atoms. The van der Waals surface area contributed by atoms with Crippen LogP contribution in [0.5, 0.6) is 0 Å². The van der Waals surface area contributed by atoms with Crippen molar-refractivity contribution >= 4 is 23.9 Å². The molecule has 0 amide bonds. The van der Waals surface area contributed by atoms with E-state index in [0.29, 0.717) is 0 Å². The molecule has 0 saturated carbocycles. The van der Waals surface area contributed by atoms with Crippen LogP contribution in [0.25, 0.3) is 0 Å². The number of rotatable bonds is 4. The van der Waals surface area contributed by atoms with Gasteiger partial charge >= 0.3 is 23.9 Å². The molecule has 0 radical (unpaired) electrons. The molecule has 100 heavy (non-hydrogen) atoms. The third-order valence-corrected chi connectivity index (χ3v) is 20.1. The molecule has 0 bridgehead atoms. The van der Waals surface area contributed by atoms with Gasteiger partial charge in [0.25, 0.3) is 0 Å². The Balaban J connectivity index is 0.000000156. The summed E-state index contributed by atoms with van der Waals surface area (Å²) in [5, 5.41) is 0. The number of fused-ring (bicyclic) bond motifs is 12. The molecule has 12 rings (SSSR count). The first kappa shape index (κ1) is 81.3. The van der Waals surface area contributed by atoms with Crippen LogP contribution in [-0.4, -0.2) is 192 Å². The standard InChI is InChI=1S/4C19H32O6/c4*1-16(2,3)19(17(4,5)6)24-13-11-10(22-15(13)25-19)12(14(20)21-11)23-18(7,8)9/h4*10-13,15H,1-9H3/t10-,11?,12-,13+,15+;2*10-,11-,12+,13+,15+;10-,11-,12-,13+,15+/m0101/s1. The van der Waals surface area contributed by atoms with Gasteiger partial charge in [0, 0.05) is 43.3 Å². The van der Waals surface area contributed by atoms with Crippen LogP contribution in [0, 0.1) is 43.3 Å². The summed E-state index contributed by atoms with van der Waals surface area (Å²) in [6.07, 6.45) is -11.0. The Morgan fingerprint density at radius 1 is 0.210 bits per heavy atom. The lowest BCUT2D eigenvalue weighted by Crippen LogP contribution is -2.55. The number of hydrogen-bond donors (Lipinski definition) is 0. The fraction of sp³-hybridized carbons (Fsp3) is 0.947. The van der Waals surface area contributed by atoms with E-state index in [4.69, 9.17) is 94.7 Å². The summed E-state index contributed by atoms with van der Waals surface area (Å²) in [6.45, 7) is 72.9. The van der Waals surface area contributed by atoms with Crippen molar-refractivity contribution in [1.82, 2.24) is 0 Å². The van der Waals surface area contributed by atoms with Crippen molar-refractivity contribution in [2.75, 3.05) is 0 Å². The Labute approximate surface area is 596 Å². The Bertz CT molecular complexity index is 2540. The molecule has 24 heteroatoms. The summed E-state index contributed by atoms with van der Waals surface area (Å²) in [6, 6.07) is 0. The van der Waals surface area contributed by atoms with Gasteiger partial charge in [-0.25, -0.2) is 19.2 Å². The maximum atomic E-state index is 12.3. The smallest absolute Gasteiger partial charge is 0.338 e. The lowest BCUT2D eigenvalue weighted by molar-refractivity contribution is -0.322. The predicted molar refractivity (Wildman–Crippen MR) is 363 cm³/mol. The van der Waals surface area contributed by atoms with Crippen LogP contribution < -0.4 is 0 Å². The van der Waals surface area contributed by atoms with Crippen LogP contribution in [0.15, 0.2) is 0 Å². The summed E-state index contributed by atoms with van der Waals surface area (Å²) < 4.78 is 121. The summed E-state index contributed by atoms with van der Waals surface area (Å²) in [4.78, 5) is 49.1. The highest BCUT2D eigenvalue weighted by Crippen LogP contribution is 2.61. The van der Waals surface area contributed by atoms with Gasteiger partial charge in [-0.15, -0.1) is 0 Å². The van der Waals surface area contributed by atoms with Crippen molar-refractivity contribution in [2.24, 2.45) is 43.3 Å². The monoisotopic (exact) mass is 1420 g/mol. The minimum absolute atomic E-state index is 0.279. The molecule has 12 saturated heterocycles. The number of hydrogen-bond acceptors (Lipinski definition) is 24. The average Bonchev–Trinajstić information content (AvgIpc) is 1.57. The van der Waals surface area contributed by atoms with Crippen molar-refractivity contribution in [2.45, 2.75) is 418 Å². The molecule has 1 unspecified atom stereocenters. The van der Waals surface area contributed by atoms with E-state index in [1.807, 2.05) is 83.1 Å². The van der Waals surface area contributed by atoms with Crippen molar-refractivity contribution < 1.29 is 114 Å². The molecule has 12 heterocycles. The van der Waals surface area contributed by atoms with Crippen molar-refractivity contribution in [3.8, 4) is 0 Å². The first-order chi connectivity index (χ1) is 44.6. The van der Waals surface area contributed by atoms with Crippen molar-refractivity contribution in [3.05, 3.63) is 0 Å². The van der Waals surface area contributed by atoms with Gasteiger partial charge in [0.15, 0.2) is 122 Å². The van der Waals surface area contributed by atoms with Gasteiger partial charge in [-0.3, -0.25) is 0 Å². The Morgan fingerprint density at radius 2 is 0.350 bits per heavy atom. The lowest BCUT2D eigenvalue weighted by Gasteiger charge is -2.49. The van der Waals surface area contributed by atoms with Crippen molar-refractivity contribution in [1.29, 1.82) is 0 Å². The van der Waals surface area contributed by atoms with E-state index in [9.17, 15) is 19.2 Å². The maximum absolute atomic E-state index is 12.3. The van der Waals surface area contributed by atoms with E-state index in [1.54, 1.807) is 0 Å². The number of carbonyl (C=O) groups excluding carboxylic acids is 4. The maximum Gasteiger partial charge on any atom is 0.338 e. The highest BCUT2D eigenvalue weighted by atomic mass is 16.9. The highest BCUT2D eigenvalue weighted by Gasteiger charge is 2.75. The lowest BCUT2D eigenvalue weighted by atomic mass is 9.70. The summed E-state index contributed by atoms with van der Waals surface area (Å²) in [7, 11) is 0. The van der Waals surface area contributed by atoms with Crippen molar-refractivity contribution in [3.63, 3.8) is 0 Å². The number of carbonyl (C=O) groups is 4. The zero-order valence-corrected chi connectivity index (χ0v) is 67.3. The molecule has 0 aliphatic carbocycles. The van der Waals surface area contributed by atoms with Crippen LogP contribution in [-0.2, 0) is 114 Å². The molecule has 24 nitrogen and oxygen atoms in total. The molecular weight excluding hydrogens is 1300 g/mol. The summed E-state index contributed by atoms with van der Waals surface area (Å²) in [5.74, 6) is -4.92. The fourth-order valence-electron chi connectivity index (χ4n) is 17.2. The molecular formula is C76H128O24. The second kappa shape index (κ2) is 25.4. The third-order valence-electron chi connectivity index (χ3n) is 20.1. The minimum Gasteiger partial charge on any atom is -0.454 e. The molecule has 0 aromatic heterocycles. The van der Waals surface area contributed by atoms with E-state index >= 15 is 0 Å². The topological polar surface area (TPSA) is 253 Å². The van der Waals surface area contributed by atoms with Gasteiger partial charge in [0.2, 0.25) is 0 Å². The van der Waals surface area contributed by atoms with E-state index in [2.05, 4.69) is 166 Å². The highest BCUT2D eigenvalue weighted by molar-refractivity contribution is 5.80. The molecule has 576 valence electrons. The quantitative estimate of drug-likeness (QED) is 0.187. The van der Waals surface area contributed by atoms with Crippen LogP contribution in [0.4, 0.5) is 0 Å². The van der Waals surface area contributed by atoms with Gasteiger partial charge in [0.1, 0.15) is 24.4 Å². The minimum atomic E-state index is -0.838. The van der Waals surface area contributed by atoms with Gasteiger partial charge in [-0.2, -0.15) is 0 Å². The van der Waals surface area contributed by atoms with Crippen LogP contribution >= 0.6 is 0 Å². The van der Waals surface area contributed by atoms with Gasteiger partial charge < -0.3 is 94.7 Å². The Kier molecular flexibility index (Phi) is 20.7. The average molecular weight is 1430 g/mol. The van der Waals surface area contributed by atoms with Crippen LogP contribution in [0.2, 0.25) is 0 Å². The SMILES string of the molecule is CC(C)(C)O[C@@H]1C(=O)OC2[C@H]3OC(C(C)(C)C)(C(C)(C)C)O[C@H]3O[C@@H]21.CC(C)(C)O[C@@H]1C(=O)O[C@H]2[C@@H]3OC(C(C)(C)C)(C(C)(C)C)O[C@@H]3O[C@H]21.CC(C)(C)O[C@H]1C(=O)O[C@@H]2[C@H]3OC(C(C)(C)C)(C(C)(C)C)O[C@H]3O[C@@H]21.CC(C)(C)O[C@H]1C(=O)O[C@H]2[C@@H]3OC(C(C)(C)C)(C(C)(C)C)O[C@@H]3O[C@H]21. The fourth-order valence-corrected chi connectivity index (χ4v) is 17.2. The second-order valence-electron chi connectivity index (χ2n) is 41.4. The zero-order valence-electron chi connectivity index (χ0n) is 67.3. The summed E-state index contributed by atoms with van der Waals surface area (Å²) in [5.41, 5.74) is -4.12. The van der Waals surface area contributed by atoms with E-state index in [-0.39, 0.29) is 43.3 Å². The third kappa shape index (κ3) is 14.5. The van der Waals surface area contributed by atoms with E-state index in [1.165, 1.54) is 0 Å². The Hall–Kier alpha value is -2.76.